The summed E-state index contributed by atoms with van der Waals surface area (Å²) in [5.41, 5.74) is 4.11. The van der Waals surface area contributed by atoms with E-state index in [2.05, 4.69) is 15.0 Å². The molecule has 1 atom stereocenters. The number of nitrogens with zero attached hydrogens (tertiary/aromatic N) is 3. The smallest absolute Gasteiger partial charge is 0.290 e. The van der Waals surface area contributed by atoms with Gasteiger partial charge < -0.3 is 19.0 Å². The molecule has 0 saturated carbocycles. The molecule has 0 bridgehead atoms. The Morgan fingerprint density at radius 1 is 1.28 bits per heavy atom. The van der Waals surface area contributed by atoms with Crippen LogP contribution in [-0.4, -0.2) is 39.4 Å². The van der Waals surface area contributed by atoms with E-state index in [0.717, 1.165) is 28.0 Å². The van der Waals surface area contributed by atoms with E-state index >= 15 is 0 Å². The molecule has 0 radical (unpaired) electrons. The van der Waals surface area contributed by atoms with Crippen molar-refractivity contribution in [3.05, 3.63) is 77.3 Å². The summed E-state index contributed by atoms with van der Waals surface area (Å²) in [6, 6.07) is 10.9. The molecule has 3 aromatic heterocycles. The summed E-state index contributed by atoms with van der Waals surface area (Å²) in [5, 5.41) is 0.904. The quantitative estimate of drug-likeness (QED) is 0.579. The lowest BCUT2D eigenvalue weighted by Crippen LogP contribution is -2.41. The number of aromatic nitrogens is 3. The van der Waals surface area contributed by atoms with Gasteiger partial charge in [-0.2, -0.15) is 0 Å². The molecule has 1 aliphatic heterocycles. The van der Waals surface area contributed by atoms with Gasteiger partial charge in [0.1, 0.15) is 17.4 Å². The maximum Gasteiger partial charge on any atom is 0.290 e. The second-order valence-electron chi connectivity index (χ2n) is 7.09. The van der Waals surface area contributed by atoms with Gasteiger partial charge in [0, 0.05) is 41.9 Å². The average molecular weight is 388 g/mol. The van der Waals surface area contributed by atoms with Crippen LogP contribution in [0, 0.1) is 6.92 Å². The Kier molecular flexibility index (Phi) is 4.08. The highest BCUT2D eigenvalue weighted by atomic mass is 16.5. The number of carbonyl (C=O) groups is 1. The van der Waals surface area contributed by atoms with Crippen LogP contribution in [0.3, 0.4) is 0 Å². The number of hydrogen-bond acceptors (Lipinski definition) is 5. The Balaban J connectivity index is 1.60. The molecule has 1 aromatic carbocycles. The highest BCUT2D eigenvalue weighted by molar-refractivity contribution is 5.99. The molecule has 0 saturated heterocycles. The van der Waals surface area contributed by atoms with Gasteiger partial charge in [0.15, 0.2) is 5.76 Å². The summed E-state index contributed by atoms with van der Waals surface area (Å²) < 4.78 is 11.3. The third kappa shape index (κ3) is 2.77. The van der Waals surface area contributed by atoms with Crippen LogP contribution in [0.4, 0.5) is 0 Å². The third-order valence-corrected chi connectivity index (χ3v) is 5.49. The molecule has 146 valence electrons. The molecule has 7 heteroatoms. The Bertz CT molecular complexity index is 1200. The van der Waals surface area contributed by atoms with E-state index in [1.54, 1.807) is 30.6 Å². The van der Waals surface area contributed by atoms with Gasteiger partial charge in [0.2, 0.25) is 0 Å². The fourth-order valence-electron chi connectivity index (χ4n) is 4.00. The molecule has 1 N–H and O–H groups in total. The summed E-state index contributed by atoms with van der Waals surface area (Å²) in [6.07, 6.45) is 4.11. The minimum Gasteiger partial charge on any atom is -0.497 e. The van der Waals surface area contributed by atoms with Crippen molar-refractivity contribution in [1.82, 2.24) is 19.9 Å². The van der Waals surface area contributed by atoms with E-state index in [4.69, 9.17) is 9.15 Å². The lowest BCUT2D eigenvalue weighted by atomic mass is 9.98. The van der Waals surface area contributed by atoms with E-state index < -0.39 is 0 Å². The van der Waals surface area contributed by atoms with Crippen molar-refractivity contribution >= 4 is 16.9 Å². The van der Waals surface area contributed by atoms with E-state index in [1.165, 1.54) is 0 Å². The molecule has 0 unspecified atom stereocenters. The number of rotatable bonds is 3. The molecule has 0 fully saturated rings. The maximum atomic E-state index is 13.6. The predicted octanol–water partition coefficient (Wildman–Crippen LogP) is 3.66. The lowest BCUT2D eigenvalue weighted by Gasteiger charge is -2.34. The molecule has 1 amide bonds. The summed E-state index contributed by atoms with van der Waals surface area (Å²) in [6.45, 7) is 2.46. The van der Waals surface area contributed by atoms with Crippen molar-refractivity contribution in [1.29, 1.82) is 0 Å². The van der Waals surface area contributed by atoms with Crippen LogP contribution in [-0.2, 0) is 6.42 Å². The highest BCUT2D eigenvalue weighted by Crippen LogP contribution is 2.35. The number of fused-ring (bicyclic) bond motifs is 2. The largest absolute Gasteiger partial charge is 0.497 e. The average Bonchev–Trinajstić information content (AvgIpc) is 3.37. The number of nitrogens with one attached hydrogen (secondary N) is 1. The number of carbonyl (C=O) groups excluding carboxylic acids is 1. The first-order chi connectivity index (χ1) is 14.2. The predicted molar refractivity (Wildman–Crippen MR) is 107 cm³/mol. The van der Waals surface area contributed by atoms with Crippen LogP contribution in [0.1, 0.15) is 39.2 Å². The number of pyridine rings is 1. The van der Waals surface area contributed by atoms with E-state index in [0.29, 0.717) is 30.1 Å². The fourth-order valence-corrected chi connectivity index (χ4v) is 4.00. The number of methoxy groups -OCH3 is 1. The minimum atomic E-state index is -0.360. The van der Waals surface area contributed by atoms with Gasteiger partial charge in [-0.1, -0.05) is 6.07 Å². The number of aromatic amines is 1. The molecule has 5 rings (SSSR count). The minimum absolute atomic E-state index is 0.165. The first-order valence-corrected chi connectivity index (χ1v) is 9.48. The van der Waals surface area contributed by atoms with Gasteiger partial charge >= 0.3 is 0 Å². The number of ether oxygens (including phenoxy) is 1. The third-order valence-electron chi connectivity index (χ3n) is 5.49. The molecular formula is C22H20N4O3. The summed E-state index contributed by atoms with van der Waals surface area (Å²) in [4.78, 5) is 27.6. The second-order valence-corrected chi connectivity index (χ2v) is 7.09. The first-order valence-electron chi connectivity index (χ1n) is 9.48. The number of benzene rings is 1. The Labute approximate surface area is 167 Å². The Hall–Kier alpha value is -3.61. The van der Waals surface area contributed by atoms with Crippen LogP contribution in [0.2, 0.25) is 0 Å². The zero-order valence-corrected chi connectivity index (χ0v) is 16.2. The van der Waals surface area contributed by atoms with Gasteiger partial charge in [-0.25, -0.2) is 4.98 Å². The summed E-state index contributed by atoms with van der Waals surface area (Å²) in [5.74, 6) is 0.867. The van der Waals surface area contributed by atoms with Crippen molar-refractivity contribution in [2.45, 2.75) is 19.4 Å². The molecule has 4 aromatic rings. The number of furan rings is 1. The van der Waals surface area contributed by atoms with Crippen molar-refractivity contribution in [3.63, 3.8) is 0 Å². The van der Waals surface area contributed by atoms with Gasteiger partial charge in [0.05, 0.1) is 24.8 Å². The van der Waals surface area contributed by atoms with E-state index in [-0.39, 0.29) is 11.9 Å². The molecule has 4 heterocycles. The standard InChI is InChI=1S/C22H20N4O3/c1-13-15-7-6-14(28-2)11-18(15)29-21(13)22(27)26-10-8-16-19(25-12-24-16)20(26)17-5-3-4-9-23-17/h3-7,9,11-12,20H,8,10H2,1-2H3,(H,24,25)/t20-/m1/s1. The fraction of sp³-hybridized carbons (Fsp3) is 0.227. The number of H-pyrrole nitrogens is 1. The van der Waals surface area contributed by atoms with Crippen LogP contribution in [0.5, 0.6) is 5.75 Å². The van der Waals surface area contributed by atoms with Crippen LogP contribution in [0.25, 0.3) is 11.0 Å². The monoisotopic (exact) mass is 388 g/mol. The molecule has 29 heavy (non-hydrogen) atoms. The van der Waals surface area contributed by atoms with Crippen LogP contribution >= 0.6 is 0 Å². The van der Waals surface area contributed by atoms with Gasteiger partial charge in [0.25, 0.3) is 5.91 Å². The normalized spacial score (nSPS) is 16.1. The number of imidazole rings is 1. The van der Waals surface area contributed by atoms with E-state index in [9.17, 15) is 4.79 Å². The first kappa shape index (κ1) is 17.5. The van der Waals surface area contributed by atoms with Crippen molar-refractivity contribution in [3.8, 4) is 5.75 Å². The molecular weight excluding hydrogens is 368 g/mol. The highest BCUT2D eigenvalue weighted by Gasteiger charge is 2.37. The van der Waals surface area contributed by atoms with Crippen LogP contribution < -0.4 is 4.74 Å². The molecule has 1 aliphatic rings. The van der Waals surface area contributed by atoms with Crippen molar-refractivity contribution in [2.24, 2.45) is 0 Å². The number of amides is 1. The Morgan fingerprint density at radius 3 is 2.97 bits per heavy atom. The Morgan fingerprint density at radius 2 is 2.17 bits per heavy atom. The van der Waals surface area contributed by atoms with Gasteiger partial charge in [-0.3, -0.25) is 9.78 Å². The molecule has 0 spiro atoms. The topological polar surface area (TPSA) is 84.2 Å². The van der Waals surface area contributed by atoms with Gasteiger partial charge in [-0.05, 0) is 31.2 Å². The SMILES string of the molecule is COc1ccc2c(C)c(C(=O)N3CCc4[nH]cnc4[C@H]3c3ccccn3)oc2c1. The zero-order valence-electron chi connectivity index (χ0n) is 16.2. The number of hydrogen-bond donors (Lipinski definition) is 1. The second kappa shape index (κ2) is 6.77. The summed E-state index contributed by atoms with van der Waals surface area (Å²) >= 11 is 0. The number of aryl methyl sites for hydroxylation is 1. The summed E-state index contributed by atoms with van der Waals surface area (Å²) in [7, 11) is 1.61. The van der Waals surface area contributed by atoms with Gasteiger partial charge in [-0.15, -0.1) is 0 Å². The van der Waals surface area contributed by atoms with Crippen molar-refractivity contribution in [2.75, 3.05) is 13.7 Å². The van der Waals surface area contributed by atoms with Crippen molar-refractivity contribution < 1.29 is 13.9 Å². The van der Waals surface area contributed by atoms with Crippen LogP contribution in [0.15, 0.2) is 53.3 Å². The maximum absolute atomic E-state index is 13.6. The van der Waals surface area contributed by atoms with E-state index in [1.807, 2.05) is 37.3 Å². The molecule has 0 aliphatic carbocycles. The molecule has 7 nitrogen and oxygen atoms in total. The zero-order chi connectivity index (χ0) is 20.0. The lowest BCUT2D eigenvalue weighted by molar-refractivity contribution is 0.0656.